The molecule has 3 rings (SSSR count). The summed E-state index contributed by atoms with van der Waals surface area (Å²) < 4.78 is 17.4. The number of ether oxygens (including phenoxy) is 3. The second kappa shape index (κ2) is 21.8. The fourth-order valence-electron chi connectivity index (χ4n) is 7.28. The van der Waals surface area contributed by atoms with Gasteiger partial charge in [0.25, 0.3) is 0 Å². The van der Waals surface area contributed by atoms with Gasteiger partial charge in [0.05, 0.1) is 48.8 Å². The summed E-state index contributed by atoms with van der Waals surface area (Å²) in [5.41, 5.74) is 0.846. The second-order valence-electron chi connectivity index (χ2n) is 14.2. The molecule has 8 nitrogen and oxygen atoms in total. The molecule has 0 amide bonds. The third-order valence-corrected chi connectivity index (χ3v) is 10.2. The van der Waals surface area contributed by atoms with Crippen molar-refractivity contribution in [1.29, 1.82) is 0 Å². The number of carbonyl (C=O) groups excluding carboxylic acids is 1. The van der Waals surface area contributed by atoms with E-state index < -0.39 is 18.3 Å². The molecule has 3 aliphatic heterocycles. The van der Waals surface area contributed by atoms with E-state index in [1.165, 1.54) is 44.9 Å². The van der Waals surface area contributed by atoms with E-state index in [1.54, 1.807) is 0 Å². The Morgan fingerprint density at radius 1 is 0.667 bits per heavy atom. The highest BCUT2D eigenvalue weighted by molar-refractivity contribution is 5.90. The first kappa shape index (κ1) is 38.4. The van der Waals surface area contributed by atoms with Gasteiger partial charge in [0.15, 0.2) is 0 Å². The Bertz CT molecular complexity index is 833. The molecule has 9 atom stereocenters. The lowest BCUT2D eigenvalue weighted by molar-refractivity contribution is -0.139. The fourth-order valence-corrected chi connectivity index (χ4v) is 7.28. The Morgan fingerprint density at radius 2 is 1.22 bits per heavy atom. The van der Waals surface area contributed by atoms with E-state index in [0.717, 1.165) is 82.6 Å². The third-order valence-electron chi connectivity index (χ3n) is 10.2. The van der Waals surface area contributed by atoms with Crippen LogP contribution in [0.5, 0.6) is 0 Å². The van der Waals surface area contributed by atoms with Crippen molar-refractivity contribution in [1.82, 2.24) is 0 Å². The van der Waals surface area contributed by atoms with Crippen molar-refractivity contribution in [3.8, 4) is 0 Å². The summed E-state index contributed by atoms with van der Waals surface area (Å²) in [7, 11) is 0. The molecular weight excluding hydrogens is 572 g/mol. The molecule has 0 aromatic carbocycles. The standard InChI is InChI=1S/C37H66O8/c1-3-4-5-12-16-29(38)17-14-19-31(39)35-24-25-36(45-35)33(41)22-21-32(40)34-23-20-30(44-34)18-13-10-8-6-7-9-11-15-28-26-27(2)43-37(28)42/h26-27,29-36,38-41H,3-25H2,1-2H3/t27-,29-,30+,31+,32+,33-,34+,35-,36-/m0/s1. The van der Waals surface area contributed by atoms with E-state index in [2.05, 4.69) is 6.92 Å². The highest BCUT2D eigenvalue weighted by atomic mass is 16.5. The molecule has 2 fully saturated rings. The second-order valence-corrected chi connectivity index (χ2v) is 14.2. The molecule has 4 N–H and O–H groups in total. The number of esters is 1. The monoisotopic (exact) mass is 638 g/mol. The van der Waals surface area contributed by atoms with E-state index in [1.807, 2.05) is 13.0 Å². The van der Waals surface area contributed by atoms with E-state index in [9.17, 15) is 25.2 Å². The average Bonchev–Trinajstić information content (AvgIpc) is 3.77. The van der Waals surface area contributed by atoms with Gasteiger partial charge < -0.3 is 34.6 Å². The van der Waals surface area contributed by atoms with Crippen molar-refractivity contribution >= 4 is 5.97 Å². The lowest BCUT2D eigenvalue weighted by Crippen LogP contribution is -2.33. The topological polar surface area (TPSA) is 126 Å². The molecule has 3 aliphatic rings. The summed E-state index contributed by atoms with van der Waals surface area (Å²) in [5.74, 6) is -0.138. The van der Waals surface area contributed by atoms with Crippen molar-refractivity contribution < 1.29 is 39.4 Å². The van der Waals surface area contributed by atoms with Crippen LogP contribution in [0.1, 0.15) is 162 Å². The van der Waals surface area contributed by atoms with Crippen molar-refractivity contribution in [2.45, 2.75) is 216 Å². The van der Waals surface area contributed by atoms with E-state index in [-0.39, 0.29) is 42.6 Å². The van der Waals surface area contributed by atoms with Crippen LogP contribution in [0.2, 0.25) is 0 Å². The molecule has 0 spiro atoms. The number of hydrogen-bond acceptors (Lipinski definition) is 8. The number of carbonyl (C=O) groups is 1. The molecule has 0 aromatic rings. The third kappa shape index (κ3) is 14.7. The molecule has 3 heterocycles. The van der Waals surface area contributed by atoms with Gasteiger partial charge in [-0.15, -0.1) is 0 Å². The van der Waals surface area contributed by atoms with Crippen LogP contribution in [-0.2, 0) is 19.0 Å². The Kier molecular flexibility index (Phi) is 18.6. The normalized spacial score (nSPS) is 27.8. The van der Waals surface area contributed by atoms with Crippen LogP contribution in [0.3, 0.4) is 0 Å². The average molecular weight is 639 g/mol. The van der Waals surface area contributed by atoms with Gasteiger partial charge in [-0.05, 0) is 96.5 Å². The number of aliphatic hydroxyl groups is 4. The molecular formula is C37H66O8. The minimum atomic E-state index is -0.654. The van der Waals surface area contributed by atoms with E-state index >= 15 is 0 Å². The Labute approximate surface area is 273 Å². The van der Waals surface area contributed by atoms with Crippen LogP contribution in [0.25, 0.3) is 0 Å². The van der Waals surface area contributed by atoms with Gasteiger partial charge in [-0.2, -0.15) is 0 Å². The number of hydrogen-bond donors (Lipinski definition) is 4. The molecule has 0 aliphatic carbocycles. The first-order chi connectivity index (χ1) is 21.8. The summed E-state index contributed by atoms with van der Waals surface area (Å²) >= 11 is 0. The highest BCUT2D eigenvalue weighted by Crippen LogP contribution is 2.31. The van der Waals surface area contributed by atoms with Crippen LogP contribution in [0.15, 0.2) is 11.6 Å². The largest absolute Gasteiger partial charge is 0.455 e. The molecule has 0 unspecified atom stereocenters. The molecule has 0 radical (unpaired) electrons. The Balaban J connectivity index is 1.16. The molecule has 2 saturated heterocycles. The zero-order valence-corrected chi connectivity index (χ0v) is 28.5. The minimum absolute atomic E-state index is 0.0675. The molecule has 8 heteroatoms. The first-order valence-corrected chi connectivity index (χ1v) is 18.7. The van der Waals surface area contributed by atoms with Crippen LogP contribution in [0.4, 0.5) is 0 Å². The summed E-state index contributed by atoms with van der Waals surface area (Å²) in [5, 5.41) is 42.3. The van der Waals surface area contributed by atoms with Gasteiger partial charge in [-0.25, -0.2) is 4.79 Å². The van der Waals surface area contributed by atoms with Gasteiger partial charge in [0, 0.05) is 5.57 Å². The van der Waals surface area contributed by atoms with Crippen LogP contribution in [-0.4, -0.2) is 81.3 Å². The molecule has 45 heavy (non-hydrogen) atoms. The van der Waals surface area contributed by atoms with Gasteiger partial charge in [-0.1, -0.05) is 71.1 Å². The quantitative estimate of drug-likeness (QED) is 0.0634. The van der Waals surface area contributed by atoms with E-state index in [4.69, 9.17) is 14.2 Å². The summed E-state index contributed by atoms with van der Waals surface area (Å²) in [6, 6.07) is 0. The van der Waals surface area contributed by atoms with Crippen LogP contribution in [0, 0.1) is 0 Å². The minimum Gasteiger partial charge on any atom is -0.455 e. The number of rotatable bonds is 25. The number of aliphatic hydroxyl groups excluding tert-OH is 4. The van der Waals surface area contributed by atoms with Gasteiger partial charge in [0.1, 0.15) is 6.10 Å². The molecule has 0 aromatic heterocycles. The highest BCUT2D eigenvalue weighted by Gasteiger charge is 2.36. The maximum Gasteiger partial charge on any atom is 0.334 e. The van der Waals surface area contributed by atoms with E-state index in [0.29, 0.717) is 25.7 Å². The Hall–Kier alpha value is -1.03. The van der Waals surface area contributed by atoms with Gasteiger partial charge in [0.2, 0.25) is 0 Å². The first-order valence-electron chi connectivity index (χ1n) is 18.7. The summed E-state index contributed by atoms with van der Waals surface area (Å²) in [6.45, 7) is 4.09. The lowest BCUT2D eigenvalue weighted by Gasteiger charge is -2.24. The smallest absolute Gasteiger partial charge is 0.334 e. The zero-order chi connectivity index (χ0) is 32.4. The Morgan fingerprint density at radius 3 is 1.87 bits per heavy atom. The zero-order valence-electron chi connectivity index (χ0n) is 28.5. The number of cyclic esters (lactones) is 1. The van der Waals surface area contributed by atoms with Crippen molar-refractivity contribution in [2.75, 3.05) is 0 Å². The SMILES string of the molecule is CCCCCC[C@H](O)CCC[C@@H](O)[C@@H]1CC[C@@H]([C@@H](O)CC[C@@H](O)[C@H]2CC[C@@H](CCCCCCCCCC3=C[C@H](C)OC3=O)O2)O1. The van der Waals surface area contributed by atoms with Crippen LogP contribution >= 0.6 is 0 Å². The molecule has 0 bridgehead atoms. The maximum atomic E-state index is 11.7. The fraction of sp³-hybridized carbons (Fsp3) is 0.919. The van der Waals surface area contributed by atoms with Gasteiger partial charge >= 0.3 is 5.97 Å². The molecule has 262 valence electrons. The van der Waals surface area contributed by atoms with Crippen molar-refractivity contribution in [2.24, 2.45) is 0 Å². The van der Waals surface area contributed by atoms with Crippen molar-refractivity contribution in [3.63, 3.8) is 0 Å². The lowest BCUT2D eigenvalue weighted by atomic mass is 9.98. The summed E-state index contributed by atoms with van der Waals surface area (Å²) in [6.07, 6.45) is 21.2. The maximum absolute atomic E-state index is 11.7. The van der Waals surface area contributed by atoms with Gasteiger partial charge in [-0.3, -0.25) is 0 Å². The summed E-state index contributed by atoms with van der Waals surface area (Å²) in [4.78, 5) is 11.7. The van der Waals surface area contributed by atoms with Crippen molar-refractivity contribution in [3.05, 3.63) is 11.6 Å². The number of unbranched alkanes of at least 4 members (excludes halogenated alkanes) is 9. The molecule has 0 saturated carbocycles. The predicted molar refractivity (Wildman–Crippen MR) is 177 cm³/mol. The van der Waals surface area contributed by atoms with Crippen LogP contribution < -0.4 is 0 Å². The predicted octanol–water partition coefficient (Wildman–Crippen LogP) is 6.83.